The average molecular weight is 271 g/mol. The smallest absolute Gasteiger partial charge is 0.133 e. The van der Waals surface area contributed by atoms with Crippen molar-refractivity contribution in [3.63, 3.8) is 0 Å². The maximum absolute atomic E-state index is 9.39. The van der Waals surface area contributed by atoms with Gasteiger partial charge in [-0.2, -0.15) is 0 Å². The fourth-order valence-electron chi connectivity index (χ4n) is 1.55. The standard InChI is InChI=1S/C12H21N3O2S/c1-4-13-11-10(8(2)3)12(15-7-14-11)18-6-9(17)5-16/h7-9,16-17H,4-6H2,1-3H3,(H,13,14,15). The first-order valence-electron chi connectivity index (χ1n) is 6.10. The molecule has 1 aromatic rings. The third-order valence-corrected chi connectivity index (χ3v) is 3.54. The summed E-state index contributed by atoms with van der Waals surface area (Å²) in [5.74, 6) is 1.58. The van der Waals surface area contributed by atoms with Crippen molar-refractivity contribution in [1.82, 2.24) is 9.97 Å². The Balaban J connectivity index is 2.92. The minimum atomic E-state index is -0.715. The highest BCUT2D eigenvalue weighted by Gasteiger charge is 2.16. The van der Waals surface area contributed by atoms with Crippen LogP contribution in [0.3, 0.4) is 0 Å². The number of anilines is 1. The third kappa shape index (κ3) is 4.12. The highest BCUT2D eigenvalue weighted by atomic mass is 32.2. The van der Waals surface area contributed by atoms with E-state index >= 15 is 0 Å². The molecule has 1 aromatic heterocycles. The molecule has 0 bridgehead atoms. The largest absolute Gasteiger partial charge is 0.394 e. The van der Waals surface area contributed by atoms with Gasteiger partial charge in [-0.15, -0.1) is 11.8 Å². The second-order valence-corrected chi connectivity index (χ2v) is 5.28. The molecule has 0 aromatic carbocycles. The van der Waals surface area contributed by atoms with Crippen LogP contribution in [0.2, 0.25) is 0 Å². The van der Waals surface area contributed by atoms with E-state index in [9.17, 15) is 5.11 Å². The van der Waals surface area contributed by atoms with Gasteiger partial charge in [0.05, 0.1) is 12.7 Å². The van der Waals surface area contributed by atoms with Gasteiger partial charge in [0.1, 0.15) is 17.2 Å². The molecule has 5 nitrogen and oxygen atoms in total. The summed E-state index contributed by atoms with van der Waals surface area (Å²) in [5.41, 5.74) is 1.06. The zero-order valence-corrected chi connectivity index (χ0v) is 11.9. The second kappa shape index (κ2) is 7.56. The highest BCUT2D eigenvalue weighted by Crippen LogP contribution is 2.31. The molecule has 1 unspecified atom stereocenters. The van der Waals surface area contributed by atoms with Crippen LogP contribution in [0.5, 0.6) is 0 Å². The van der Waals surface area contributed by atoms with Gasteiger partial charge in [-0.3, -0.25) is 0 Å². The Hall–Kier alpha value is -0.850. The molecule has 18 heavy (non-hydrogen) atoms. The van der Waals surface area contributed by atoms with Gasteiger partial charge in [-0.25, -0.2) is 9.97 Å². The molecule has 0 spiro atoms. The lowest BCUT2D eigenvalue weighted by Crippen LogP contribution is -2.15. The van der Waals surface area contributed by atoms with E-state index in [-0.39, 0.29) is 6.61 Å². The first-order valence-corrected chi connectivity index (χ1v) is 7.09. The van der Waals surface area contributed by atoms with Crippen LogP contribution < -0.4 is 5.32 Å². The van der Waals surface area contributed by atoms with Crippen LogP contribution in [0.25, 0.3) is 0 Å². The van der Waals surface area contributed by atoms with Crippen LogP contribution >= 0.6 is 11.8 Å². The monoisotopic (exact) mass is 271 g/mol. The number of thioether (sulfide) groups is 1. The number of rotatable bonds is 7. The van der Waals surface area contributed by atoms with Crippen molar-refractivity contribution in [3.05, 3.63) is 11.9 Å². The van der Waals surface area contributed by atoms with E-state index in [0.29, 0.717) is 11.7 Å². The SMILES string of the molecule is CCNc1ncnc(SCC(O)CO)c1C(C)C. The lowest BCUT2D eigenvalue weighted by molar-refractivity contribution is 0.113. The van der Waals surface area contributed by atoms with Crippen molar-refractivity contribution < 1.29 is 10.2 Å². The number of aliphatic hydroxyl groups is 2. The maximum atomic E-state index is 9.39. The Morgan fingerprint density at radius 2 is 2.11 bits per heavy atom. The van der Waals surface area contributed by atoms with Crippen molar-refractivity contribution >= 4 is 17.6 Å². The number of aromatic nitrogens is 2. The van der Waals surface area contributed by atoms with Crippen LogP contribution in [0, 0.1) is 0 Å². The van der Waals surface area contributed by atoms with Crippen molar-refractivity contribution in [2.75, 3.05) is 24.2 Å². The van der Waals surface area contributed by atoms with Gasteiger partial charge in [-0.1, -0.05) is 13.8 Å². The molecule has 0 aliphatic heterocycles. The summed E-state index contributed by atoms with van der Waals surface area (Å²) >= 11 is 1.45. The Kier molecular flexibility index (Phi) is 6.38. The number of nitrogens with one attached hydrogen (secondary N) is 1. The predicted molar refractivity (Wildman–Crippen MR) is 74.1 cm³/mol. The summed E-state index contributed by atoms with van der Waals surface area (Å²) in [6.07, 6.45) is 0.810. The van der Waals surface area contributed by atoms with Gasteiger partial charge in [0, 0.05) is 17.9 Å². The van der Waals surface area contributed by atoms with Crippen LogP contribution in [0.15, 0.2) is 11.4 Å². The van der Waals surface area contributed by atoms with Crippen molar-refractivity contribution in [3.8, 4) is 0 Å². The molecule has 3 N–H and O–H groups in total. The third-order valence-electron chi connectivity index (χ3n) is 2.39. The fraction of sp³-hybridized carbons (Fsp3) is 0.667. The summed E-state index contributed by atoms with van der Waals surface area (Å²) in [6.45, 7) is 6.78. The van der Waals surface area contributed by atoms with Gasteiger partial charge in [0.15, 0.2) is 0 Å². The van der Waals surface area contributed by atoms with E-state index in [0.717, 1.165) is 23.0 Å². The van der Waals surface area contributed by atoms with Crippen molar-refractivity contribution in [2.24, 2.45) is 0 Å². The minimum absolute atomic E-state index is 0.227. The maximum Gasteiger partial charge on any atom is 0.133 e. The molecule has 0 aliphatic carbocycles. The van der Waals surface area contributed by atoms with Crippen LogP contribution in [0.4, 0.5) is 5.82 Å². The van der Waals surface area contributed by atoms with Crippen molar-refractivity contribution in [2.45, 2.75) is 37.8 Å². The fourth-order valence-corrected chi connectivity index (χ4v) is 2.62. The van der Waals surface area contributed by atoms with Gasteiger partial charge < -0.3 is 15.5 Å². The average Bonchev–Trinajstić information content (AvgIpc) is 2.36. The lowest BCUT2D eigenvalue weighted by Gasteiger charge is -2.16. The first-order chi connectivity index (χ1) is 8.60. The number of hydrogen-bond donors (Lipinski definition) is 3. The molecular weight excluding hydrogens is 250 g/mol. The minimum Gasteiger partial charge on any atom is -0.394 e. The van der Waals surface area contributed by atoms with Gasteiger partial charge >= 0.3 is 0 Å². The van der Waals surface area contributed by atoms with Crippen molar-refractivity contribution in [1.29, 1.82) is 0 Å². The molecule has 6 heteroatoms. The Morgan fingerprint density at radius 1 is 1.39 bits per heavy atom. The van der Waals surface area contributed by atoms with Gasteiger partial charge in [-0.05, 0) is 12.8 Å². The highest BCUT2D eigenvalue weighted by molar-refractivity contribution is 7.99. The number of hydrogen-bond acceptors (Lipinski definition) is 6. The topological polar surface area (TPSA) is 78.3 Å². The second-order valence-electron chi connectivity index (χ2n) is 4.27. The van der Waals surface area contributed by atoms with Gasteiger partial charge in [0.2, 0.25) is 0 Å². The molecule has 0 amide bonds. The van der Waals surface area contributed by atoms with Crippen LogP contribution in [0.1, 0.15) is 32.3 Å². The Morgan fingerprint density at radius 3 is 2.67 bits per heavy atom. The summed E-state index contributed by atoms with van der Waals surface area (Å²) in [6, 6.07) is 0. The molecule has 0 saturated heterocycles. The molecule has 0 saturated carbocycles. The summed E-state index contributed by atoms with van der Waals surface area (Å²) in [7, 11) is 0. The van der Waals surface area contributed by atoms with Crippen LogP contribution in [-0.2, 0) is 0 Å². The van der Waals surface area contributed by atoms with Gasteiger partial charge in [0.25, 0.3) is 0 Å². The Labute approximate surface area is 112 Å². The van der Waals surface area contributed by atoms with E-state index in [1.165, 1.54) is 18.1 Å². The molecule has 1 rings (SSSR count). The van der Waals surface area contributed by atoms with Crippen LogP contribution in [-0.4, -0.2) is 45.2 Å². The zero-order chi connectivity index (χ0) is 13.5. The molecule has 1 heterocycles. The molecular formula is C12H21N3O2S. The van der Waals surface area contributed by atoms with E-state index in [1.807, 2.05) is 6.92 Å². The first kappa shape index (κ1) is 15.2. The quantitative estimate of drug-likeness (QED) is 0.515. The molecule has 0 aliphatic rings. The Bertz CT molecular complexity index is 374. The van der Waals surface area contributed by atoms with E-state index in [1.54, 1.807) is 0 Å². The zero-order valence-electron chi connectivity index (χ0n) is 11.1. The summed E-state index contributed by atoms with van der Waals surface area (Å²) in [4.78, 5) is 8.52. The molecule has 0 fully saturated rings. The molecule has 1 atom stereocenters. The molecule has 102 valence electrons. The van der Waals surface area contributed by atoms with E-state index < -0.39 is 6.10 Å². The normalized spacial score (nSPS) is 12.8. The summed E-state index contributed by atoms with van der Waals surface area (Å²) < 4.78 is 0. The summed E-state index contributed by atoms with van der Waals surface area (Å²) in [5, 5.41) is 22.3. The predicted octanol–water partition coefficient (Wildman–Crippen LogP) is 1.48. The molecule has 0 radical (unpaired) electrons. The number of aliphatic hydroxyl groups excluding tert-OH is 2. The number of nitrogens with zero attached hydrogens (tertiary/aromatic N) is 2. The lowest BCUT2D eigenvalue weighted by atomic mass is 10.1. The van der Waals surface area contributed by atoms with E-state index in [2.05, 4.69) is 29.1 Å². The van der Waals surface area contributed by atoms with E-state index in [4.69, 9.17) is 5.11 Å².